The first kappa shape index (κ1) is 14.7. The summed E-state index contributed by atoms with van der Waals surface area (Å²) in [6, 6.07) is 12.6. The minimum absolute atomic E-state index is 0.0228. The van der Waals surface area contributed by atoms with E-state index in [9.17, 15) is 9.59 Å². The van der Waals surface area contributed by atoms with Gasteiger partial charge >= 0.3 is 0 Å². The molecule has 0 aliphatic rings. The third kappa shape index (κ3) is 4.72. The molecule has 0 saturated carbocycles. The molecule has 1 heterocycles. The van der Waals surface area contributed by atoms with Gasteiger partial charge < -0.3 is 10.6 Å². The van der Waals surface area contributed by atoms with Gasteiger partial charge in [-0.1, -0.05) is 6.07 Å². The third-order valence-electron chi connectivity index (χ3n) is 2.94. The van der Waals surface area contributed by atoms with Crippen LogP contribution in [0.25, 0.3) is 0 Å². The highest BCUT2D eigenvalue weighted by Gasteiger charge is 2.03. The number of hydrogen-bond acceptors (Lipinski definition) is 4. The summed E-state index contributed by atoms with van der Waals surface area (Å²) in [5, 5.41) is 5.78. The first-order valence-corrected chi connectivity index (χ1v) is 6.66. The van der Waals surface area contributed by atoms with Crippen LogP contribution in [0.4, 0.5) is 5.69 Å². The molecular weight excluding hydrogens is 266 g/mol. The van der Waals surface area contributed by atoms with Crippen LogP contribution in [0.3, 0.4) is 0 Å². The highest BCUT2D eigenvalue weighted by Crippen LogP contribution is 2.09. The van der Waals surface area contributed by atoms with Crippen molar-refractivity contribution in [1.29, 1.82) is 0 Å². The number of Topliss-reactive ketones (excluding diaryl/α,β-unsaturated/α-hetero) is 1. The second kappa shape index (κ2) is 7.19. The molecule has 0 saturated heterocycles. The maximum absolute atomic E-state index is 11.7. The van der Waals surface area contributed by atoms with Crippen LogP contribution in [-0.4, -0.2) is 23.2 Å². The van der Waals surface area contributed by atoms with Gasteiger partial charge in [0.1, 0.15) is 0 Å². The minimum Gasteiger partial charge on any atom is -0.376 e. The SMILES string of the molecule is CC(=O)c1ccc(NCC(=O)NCc2ccccn2)cc1. The van der Waals surface area contributed by atoms with E-state index in [2.05, 4.69) is 15.6 Å². The predicted molar refractivity (Wildman–Crippen MR) is 81.0 cm³/mol. The molecule has 5 nitrogen and oxygen atoms in total. The standard InChI is InChI=1S/C16H17N3O2/c1-12(20)13-5-7-14(8-6-13)18-11-16(21)19-10-15-4-2-3-9-17-15/h2-9,18H,10-11H2,1H3,(H,19,21). The smallest absolute Gasteiger partial charge is 0.239 e. The van der Waals surface area contributed by atoms with Gasteiger partial charge in [-0.3, -0.25) is 14.6 Å². The van der Waals surface area contributed by atoms with Gasteiger partial charge in [0.15, 0.2) is 5.78 Å². The number of nitrogens with zero attached hydrogens (tertiary/aromatic N) is 1. The topological polar surface area (TPSA) is 71.1 Å². The fraction of sp³-hybridized carbons (Fsp3) is 0.188. The van der Waals surface area contributed by atoms with E-state index < -0.39 is 0 Å². The summed E-state index contributed by atoms with van der Waals surface area (Å²) in [6.45, 7) is 2.10. The largest absolute Gasteiger partial charge is 0.376 e. The van der Waals surface area contributed by atoms with E-state index in [0.717, 1.165) is 11.4 Å². The van der Waals surface area contributed by atoms with Crippen molar-refractivity contribution < 1.29 is 9.59 Å². The Kier molecular flexibility index (Phi) is 5.04. The molecule has 0 radical (unpaired) electrons. The number of rotatable bonds is 6. The average molecular weight is 283 g/mol. The van der Waals surface area contributed by atoms with Crippen molar-refractivity contribution in [3.8, 4) is 0 Å². The number of benzene rings is 1. The second-order valence-corrected chi connectivity index (χ2v) is 4.58. The Morgan fingerprint density at radius 2 is 1.86 bits per heavy atom. The molecule has 0 aliphatic heterocycles. The van der Waals surface area contributed by atoms with Gasteiger partial charge in [-0.25, -0.2) is 0 Å². The lowest BCUT2D eigenvalue weighted by molar-refractivity contribution is -0.119. The van der Waals surface area contributed by atoms with Gasteiger partial charge in [-0.05, 0) is 43.3 Å². The Balaban J connectivity index is 1.77. The minimum atomic E-state index is -0.115. The molecule has 108 valence electrons. The van der Waals surface area contributed by atoms with Crippen molar-refractivity contribution in [1.82, 2.24) is 10.3 Å². The molecule has 21 heavy (non-hydrogen) atoms. The van der Waals surface area contributed by atoms with Gasteiger partial charge in [-0.2, -0.15) is 0 Å². The number of anilines is 1. The molecule has 0 aliphatic carbocycles. The van der Waals surface area contributed by atoms with Gasteiger partial charge in [-0.15, -0.1) is 0 Å². The van der Waals surface area contributed by atoms with Crippen molar-refractivity contribution >= 4 is 17.4 Å². The lowest BCUT2D eigenvalue weighted by Gasteiger charge is -2.08. The Labute approximate surface area is 123 Å². The van der Waals surface area contributed by atoms with Crippen LogP contribution in [0.1, 0.15) is 23.0 Å². The molecule has 0 atom stereocenters. The van der Waals surface area contributed by atoms with Crippen LogP contribution in [0, 0.1) is 0 Å². The Morgan fingerprint density at radius 3 is 2.48 bits per heavy atom. The molecule has 2 aromatic rings. The van der Waals surface area contributed by atoms with E-state index in [0.29, 0.717) is 12.1 Å². The van der Waals surface area contributed by atoms with Crippen molar-refractivity contribution in [3.63, 3.8) is 0 Å². The zero-order valence-electron chi connectivity index (χ0n) is 11.8. The summed E-state index contributed by atoms with van der Waals surface area (Å²) in [5.74, 6) is -0.0917. The molecule has 1 aromatic heterocycles. The summed E-state index contributed by atoms with van der Waals surface area (Å²) in [7, 11) is 0. The molecule has 1 aromatic carbocycles. The first-order valence-electron chi connectivity index (χ1n) is 6.66. The Morgan fingerprint density at radius 1 is 1.10 bits per heavy atom. The molecule has 2 N–H and O–H groups in total. The van der Waals surface area contributed by atoms with Gasteiger partial charge in [0.05, 0.1) is 18.8 Å². The molecule has 0 unspecified atom stereocenters. The molecule has 0 bridgehead atoms. The van der Waals surface area contributed by atoms with E-state index in [1.54, 1.807) is 30.5 Å². The highest BCUT2D eigenvalue weighted by molar-refractivity contribution is 5.94. The number of nitrogens with one attached hydrogen (secondary N) is 2. The van der Waals surface area contributed by atoms with E-state index in [1.165, 1.54) is 6.92 Å². The number of aromatic nitrogens is 1. The van der Waals surface area contributed by atoms with E-state index >= 15 is 0 Å². The summed E-state index contributed by atoms with van der Waals surface area (Å²) < 4.78 is 0. The van der Waals surface area contributed by atoms with Crippen molar-refractivity contribution in [2.75, 3.05) is 11.9 Å². The fourth-order valence-electron chi connectivity index (χ4n) is 1.76. The fourth-order valence-corrected chi connectivity index (χ4v) is 1.76. The predicted octanol–water partition coefficient (Wildman–Crippen LogP) is 2.01. The number of carbonyl (C=O) groups excluding carboxylic acids is 2. The lowest BCUT2D eigenvalue weighted by Crippen LogP contribution is -2.29. The zero-order valence-corrected chi connectivity index (χ0v) is 11.8. The summed E-state index contributed by atoms with van der Waals surface area (Å²) in [6.07, 6.45) is 1.69. The van der Waals surface area contributed by atoms with Crippen molar-refractivity contribution in [3.05, 3.63) is 59.9 Å². The lowest BCUT2D eigenvalue weighted by atomic mass is 10.1. The molecule has 0 fully saturated rings. The summed E-state index contributed by atoms with van der Waals surface area (Å²) in [5.41, 5.74) is 2.27. The normalized spacial score (nSPS) is 9.95. The number of amides is 1. The number of carbonyl (C=O) groups is 2. The first-order chi connectivity index (χ1) is 10.1. The maximum Gasteiger partial charge on any atom is 0.239 e. The molecular formula is C16H17N3O2. The monoisotopic (exact) mass is 283 g/mol. The Bertz CT molecular complexity index is 609. The quantitative estimate of drug-likeness (QED) is 0.796. The van der Waals surface area contributed by atoms with Gasteiger partial charge in [0.2, 0.25) is 5.91 Å². The zero-order chi connectivity index (χ0) is 15.1. The molecule has 5 heteroatoms. The van der Waals surface area contributed by atoms with E-state index in [-0.39, 0.29) is 18.2 Å². The molecule has 1 amide bonds. The van der Waals surface area contributed by atoms with Gasteiger partial charge in [0.25, 0.3) is 0 Å². The second-order valence-electron chi connectivity index (χ2n) is 4.58. The van der Waals surface area contributed by atoms with Crippen LogP contribution < -0.4 is 10.6 Å². The van der Waals surface area contributed by atoms with Crippen LogP contribution >= 0.6 is 0 Å². The van der Waals surface area contributed by atoms with Crippen LogP contribution in [-0.2, 0) is 11.3 Å². The number of ketones is 1. The summed E-state index contributed by atoms with van der Waals surface area (Å²) in [4.78, 5) is 27.0. The summed E-state index contributed by atoms with van der Waals surface area (Å²) >= 11 is 0. The number of pyridine rings is 1. The maximum atomic E-state index is 11.7. The average Bonchev–Trinajstić information content (AvgIpc) is 2.52. The van der Waals surface area contributed by atoms with Crippen LogP contribution in [0.15, 0.2) is 48.7 Å². The highest BCUT2D eigenvalue weighted by atomic mass is 16.2. The van der Waals surface area contributed by atoms with E-state index in [1.807, 2.05) is 18.2 Å². The van der Waals surface area contributed by atoms with Crippen LogP contribution in [0.2, 0.25) is 0 Å². The third-order valence-corrected chi connectivity index (χ3v) is 2.94. The Hall–Kier alpha value is -2.69. The van der Waals surface area contributed by atoms with Crippen molar-refractivity contribution in [2.45, 2.75) is 13.5 Å². The molecule has 2 rings (SSSR count). The van der Waals surface area contributed by atoms with Gasteiger partial charge in [0, 0.05) is 17.4 Å². The van der Waals surface area contributed by atoms with Crippen molar-refractivity contribution in [2.24, 2.45) is 0 Å². The number of hydrogen-bond donors (Lipinski definition) is 2. The van der Waals surface area contributed by atoms with E-state index in [4.69, 9.17) is 0 Å². The molecule has 0 spiro atoms. The van der Waals surface area contributed by atoms with Crippen LogP contribution in [0.5, 0.6) is 0 Å².